The van der Waals surface area contributed by atoms with E-state index in [9.17, 15) is 10.1 Å². The maximum Gasteiger partial charge on any atom is 0.269 e. The van der Waals surface area contributed by atoms with Crippen LogP contribution < -0.4 is 0 Å². The van der Waals surface area contributed by atoms with Crippen LogP contribution in [0.4, 0.5) is 5.69 Å². The van der Waals surface area contributed by atoms with E-state index in [1.54, 1.807) is 12.1 Å². The van der Waals surface area contributed by atoms with E-state index >= 15 is 0 Å². The summed E-state index contributed by atoms with van der Waals surface area (Å²) in [6.07, 6.45) is 0. The van der Waals surface area contributed by atoms with Crippen molar-refractivity contribution in [3.05, 3.63) is 39.9 Å². The van der Waals surface area contributed by atoms with Crippen molar-refractivity contribution in [1.29, 1.82) is 0 Å². The average molecular weight is 190 g/mol. The van der Waals surface area contributed by atoms with Gasteiger partial charge < -0.3 is 0 Å². The van der Waals surface area contributed by atoms with Gasteiger partial charge in [0.2, 0.25) is 0 Å². The van der Waals surface area contributed by atoms with Crippen molar-refractivity contribution in [2.24, 2.45) is 4.99 Å². The summed E-state index contributed by atoms with van der Waals surface area (Å²) in [5, 5.41) is 10.4. The summed E-state index contributed by atoms with van der Waals surface area (Å²) in [6.45, 7) is 3.96. The molecule has 1 aliphatic heterocycles. The van der Waals surface area contributed by atoms with Crippen molar-refractivity contribution in [3.8, 4) is 0 Å². The molecule has 1 heterocycles. The lowest BCUT2D eigenvalue weighted by molar-refractivity contribution is -0.384. The summed E-state index contributed by atoms with van der Waals surface area (Å²) < 4.78 is 0. The zero-order chi connectivity index (χ0) is 10.3. The van der Waals surface area contributed by atoms with Crippen LogP contribution in [-0.4, -0.2) is 10.6 Å². The molecule has 4 heteroatoms. The van der Waals surface area contributed by atoms with E-state index in [1.807, 2.05) is 13.8 Å². The first kappa shape index (κ1) is 8.87. The highest BCUT2D eigenvalue weighted by Crippen LogP contribution is 2.38. The predicted molar refractivity (Wildman–Crippen MR) is 53.6 cm³/mol. The van der Waals surface area contributed by atoms with Gasteiger partial charge in [0, 0.05) is 17.8 Å². The SMILES string of the molecule is CC1=NC1(C)c1ccc([N+](=O)[O-])cc1. The van der Waals surface area contributed by atoms with E-state index in [-0.39, 0.29) is 11.2 Å². The minimum Gasteiger partial charge on any atom is -0.274 e. The average Bonchev–Trinajstić information content (AvgIpc) is 2.76. The first-order valence-corrected chi connectivity index (χ1v) is 4.36. The number of benzene rings is 1. The number of nitro groups is 1. The molecule has 1 aliphatic rings. The van der Waals surface area contributed by atoms with Gasteiger partial charge in [-0.05, 0) is 31.5 Å². The maximum absolute atomic E-state index is 10.4. The third-order valence-corrected chi connectivity index (χ3v) is 2.69. The topological polar surface area (TPSA) is 55.5 Å². The number of hydrogen-bond donors (Lipinski definition) is 0. The Morgan fingerprint density at radius 3 is 2.21 bits per heavy atom. The third kappa shape index (κ3) is 1.19. The molecule has 0 N–H and O–H groups in total. The molecule has 0 amide bonds. The fraction of sp³-hybridized carbons (Fsp3) is 0.300. The smallest absolute Gasteiger partial charge is 0.269 e. The van der Waals surface area contributed by atoms with Gasteiger partial charge in [-0.25, -0.2) is 0 Å². The van der Waals surface area contributed by atoms with Gasteiger partial charge in [-0.1, -0.05) is 0 Å². The number of aliphatic imine (C=N–C) groups is 1. The molecule has 72 valence electrons. The van der Waals surface area contributed by atoms with Gasteiger partial charge in [0.15, 0.2) is 0 Å². The molecule has 4 nitrogen and oxygen atoms in total. The molecule has 1 aromatic carbocycles. The van der Waals surface area contributed by atoms with Gasteiger partial charge in [0.1, 0.15) is 5.54 Å². The van der Waals surface area contributed by atoms with Crippen molar-refractivity contribution in [1.82, 2.24) is 0 Å². The molecular weight excluding hydrogens is 180 g/mol. The van der Waals surface area contributed by atoms with Crippen LogP contribution in [0.2, 0.25) is 0 Å². The van der Waals surface area contributed by atoms with E-state index in [0.717, 1.165) is 11.3 Å². The second-order valence-corrected chi connectivity index (χ2v) is 3.57. The standard InChI is InChI=1S/C10H10N2O2/c1-7-10(2,11-7)8-3-5-9(6-4-8)12(13)14/h3-6H,1-2H3. The van der Waals surface area contributed by atoms with Crippen LogP contribution in [-0.2, 0) is 5.54 Å². The molecule has 0 spiro atoms. The second-order valence-electron chi connectivity index (χ2n) is 3.57. The van der Waals surface area contributed by atoms with Gasteiger partial charge in [0.05, 0.1) is 4.92 Å². The Morgan fingerprint density at radius 1 is 1.36 bits per heavy atom. The maximum atomic E-state index is 10.4. The van der Waals surface area contributed by atoms with Crippen LogP contribution in [0.3, 0.4) is 0 Å². The predicted octanol–water partition coefficient (Wildman–Crippen LogP) is 2.28. The van der Waals surface area contributed by atoms with Crippen LogP contribution in [0.1, 0.15) is 19.4 Å². The molecule has 0 radical (unpaired) electrons. The van der Waals surface area contributed by atoms with Gasteiger partial charge >= 0.3 is 0 Å². The lowest BCUT2D eigenvalue weighted by atomic mass is 9.96. The van der Waals surface area contributed by atoms with Gasteiger partial charge in [0.25, 0.3) is 5.69 Å². The van der Waals surface area contributed by atoms with Gasteiger partial charge in [-0.2, -0.15) is 0 Å². The van der Waals surface area contributed by atoms with E-state index < -0.39 is 4.92 Å². The minimum absolute atomic E-state index is 0.121. The van der Waals surface area contributed by atoms with Crippen molar-refractivity contribution in [2.45, 2.75) is 19.4 Å². The van der Waals surface area contributed by atoms with Crippen molar-refractivity contribution < 1.29 is 4.92 Å². The molecule has 0 bridgehead atoms. The molecule has 0 saturated heterocycles. The summed E-state index contributed by atoms with van der Waals surface area (Å²) in [4.78, 5) is 14.3. The van der Waals surface area contributed by atoms with Crippen LogP contribution in [0, 0.1) is 10.1 Å². The Morgan fingerprint density at radius 2 is 1.86 bits per heavy atom. The van der Waals surface area contributed by atoms with Crippen LogP contribution >= 0.6 is 0 Å². The molecule has 14 heavy (non-hydrogen) atoms. The Hall–Kier alpha value is -1.71. The summed E-state index contributed by atoms with van der Waals surface area (Å²) in [5.41, 5.74) is 2.01. The molecule has 1 unspecified atom stereocenters. The normalized spacial score (nSPS) is 24.3. The molecule has 0 aromatic heterocycles. The van der Waals surface area contributed by atoms with Gasteiger partial charge in [-0.15, -0.1) is 0 Å². The Balaban J connectivity index is 2.28. The fourth-order valence-electron chi connectivity index (χ4n) is 1.49. The zero-order valence-corrected chi connectivity index (χ0v) is 8.02. The monoisotopic (exact) mass is 190 g/mol. The van der Waals surface area contributed by atoms with E-state index in [0.29, 0.717) is 0 Å². The summed E-state index contributed by atoms with van der Waals surface area (Å²) in [5.74, 6) is 0. The number of nitrogens with zero attached hydrogens (tertiary/aromatic N) is 2. The van der Waals surface area contributed by atoms with E-state index in [2.05, 4.69) is 4.99 Å². The van der Waals surface area contributed by atoms with Crippen molar-refractivity contribution in [3.63, 3.8) is 0 Å². The molecule has 1 atom stereocenters. The first-order valence-electron chi connectivity index (χ1n) is 4.36. The van der Waals surface area contributed by atoms with Crippen LogP contribution in [0.5, 0.6) is 0 Å². The van der Waals surface area contributed by atoms with Crippen LogP contribution in [0.25, 0.3) is 0 Å². The summed E-state index contributed by atoms with van der Waals surface area (Å²) >= 11 is 0. The zero-order valence-electron chi connectivity index (χ0n) is 8.02. The van der Waals surface area contributed by atoms with Crippen molar-refractivity contribution in [2.75, 3.05) is 0 Å². The lowest BCUT2D eigenvalue weighted by Gasteiger charge is -2.07. The second kappa shape index (κ2) is 2.64. The molecule has 0 fully saturated rings. The molecule has 0 aliphatic carbocycles. The number of rotatable bonds is 2. The Kier molecular flexibility index (Phi) is 1.67. The number of hydrogen-bond acceptors (Lipinski definition) is 3. The van der Waals surface area contributed by atoms with Crippen molar-refractivity contribution >= 4 is 11.4 Å². The highest BCUT2D eigenvalue weighted by molar-refractivity contribution is 6.03. The summed E-state index contributed by atoms with van der Waals surface area (Å²) in [7, 11) is 0. The lowest BCUT2D eigenvalue weighted by Crippen LogP contribution is -2.08. The Bertz CT molecular complexity index is 422. The number of nitro benzene ring substituents is 1. The summed E-state index contributed by atoms with van der Waals surface area (Å²) in [6, 6.07) is 6.56. The third-order valence-electron chi connectivity index (χ3n) is 2.69. The van der Waals surface area contributed by atoms with E-state index in [4.69, 9.17) is 0 Å². The molecular formula is C10H10N2O2. The minimum atomic E-state index is -0.396. The largest absolute Gasteiger partial charge is 0.274 e. The quantitative estimate of drug-likeness (QED) is 0.530. The highest BCUT2D eigenvalue weighted by Gasteiger charge is 2.40. The molecule has 0 saturated carbocycles. The molecule has 1 aromatic rings. The Labute approximate surface area is 81.4 Å². The number of non-ortho nitro benzene ring substituents is 1. The first-order chi connectivity index (χ1) is 6.54. The highest BCUT2D eigenvalue weighted by atomic mass is 16.6. The fourth-order valence-corrected chi connectivity index (χ4v) is 1.49. The van der Waals surface area contributed by atoms with Crippen LogP contribution in [0.15, 0.2) is 29.3 Å². The molecule has 2 rings (SSSR count). The van der Waals surface area contributed by atoms with E-state index in [1.165, 1.54) is 12.1 Å². The van der Waals surface area contributed by atoms with Gasteiger partial charge in [-0.3, -0.25) is 15.1 Å².